The average Bonchev–Trinajstić information content (AvgIpc) is 2.41. The highest BCUT2D eigenvalue weighted by molar-refractivity contribution is 6.33. The van der Waals surface area contributed by atoms with Crippen molar-refractivity contribution in [2.24, 2.45) is 0 Å². The molecular weight excluding hydrogens is 301 g/mol. The molecule has 0 aromatic heterocycles. The van der Waals surface area contributed by atoms with Gasteiger partial charge < -0.3 is 5.32 Å². The van der Waals surface area contributed by atoms with Gasteiger partial charge in [-0.3, -0.25) is 0 Å². The molecular formula is C18H21Cl2N. The van der Waals surface area contributed by atoms with Gasteiger partial charge in [0.1, 0.15) is 0 Å². The van der Waals surface area contributed by atoms with Gasteiger partial charge in [-0.1, -0.05) is 47.0 Å². The summed E-state index contributed by atoms with van der Waals surface area (Å²) in [5, 5.41) is 5.05. The lowest BCUT2D eigenvalue weighted by atomic mass is 9.99. The van der Waals surface area contributed by atoms with Crippen molar-refractivity contribution in [1.82, 2.24) is 5.32 Å². The topological polar surface area (TPSA) is 12.0 Å². The van der Waals surface area contributed by atoms with Crippen molar-refractivity contribution in [1.29, 1.82) is 0 Å². The Kier molecular flexibility index (Phi) is 5.32. The van der Waals surface area contributed by atoms with Gasteiger partial charge in [0.25, 0.3) is 0 Å². The molecule has 0 aliphatic heterocycles. The third-order valence-corrected chi connectivity index (χ3v) is 4.40. The number of nitrogens with one attached hydrogen (secondary N) is 1. The fourth-order valence-electron chi connectivity index (χ4n) is 2.71. The van der Waals surface area contributed by atoms with E-state index in [4.69, 9.17) is 23.2 Å². The number of hydrogen-bond acceptors (Lipinski definition) is 1. The minimum Gasteiger partial charge on any atom is -0.304 e. The first-order valence-electron chi connectivity index (χ1n) is 7.16. The van der Waals surface area contributed by atoms with Gasteiger partial charge in [-0.05, 0) is 62.6 Å². The van der Waals surface area contributed by atoms with Gasteiger partial charge in [0.2, 0.25) is 0 Å². The van der Waals surface area contributed by atoms with Crippen LogP contribution >= 0.6 is 23.2 Å². The summed E-state index contributed by atoms with van der Waals surface area (Å²) >= 11 is 12.3. The molecule has 2 unspecified atom stereocenters. The zero-order valence-electron chi connectivity index (χ0n) is 12.9. The molecule has 0 spiro atoms. The molecule has 3 heteroatoms. The lowest BCUT2D eigenvalue weighted by Crippen LogP contribution is -2.23. The summed E-state index contributed by atoms with van der Waals surface area (Å²) in [6.07, 6.45) is 0. The Hall–Kier alpha value is -1.02. The second-order valence-electron chi connectivity index (χ2n) is 5.64. The number of benzene rings is 2. The smallest absolute Gasteiger partial charge is 0.0454 e. The maximum atomic E-state index is 6.27. The minimum absolute atomic E-state index is 0.131. The average molecular weight is 322 g/mol. The van der Waals surface area contributed by atoms with Crippen molar-refractivity contribution in [3.05, 3.63) is 68.7 Å². The molecule has 2 aromatic carbocycles. The zero-order valence-corrected chi connectivity index (χ0v) is 14.4. The summed E-state index contributed by atoms with van der Waals surface area (Å²) < 4.78 is 0. The number of halogens is 2. The van der Waals surface area contributed by atoms with E-state index in [1.807, 2.05) is 18.2 Å². The first kappa shape index (κ1) is 16.4. The van der Waals surface area contributed by atoms with Crippen LogP contribution in [0, 0.1) is 13.8 Å². The Morgan fingerprint density at radius 2 is 1.52 bits per heavy atom. The molecule has 0 fully saturated rings. The third-order valence-electron chi connectivity index (χ3n) is 3.82. The van der Waals surface area contributed by atoms with E-state index in [2.05, 4.69) is 51.2 Å². The SMILES string of the molecule is Cc1ccc(C(C)NC(C)c2cc(Cl)ccc2Cl)c(C)c1. The van der Waals surface area contributed by atoms with E-state index in [1.165, 1.54) is 16.7 Å². The Balaban J connectivity index is 2.18. The maximum Gasteiger partial charge on any atom is 0.0454 e. The first-order chi connectivity index (χ1) is 9.88. The summed E-state index contributed by atoms with van der Waals surface area (Å²) in [5.41, 5.74) is 4.93. The summed E-state index contributed by atoms with van der Waals surface area (Å²) in [4.78, 5) is 0. The lowest BCUT2D eigenvalue weighted by molar-refractivity contribution is 0.493. The molecule has 112 valence electrons. The number of aryl methyl sites for hydroxylation is 2. The van der Waals surface area contributed by atoms with Crippen LogP contribution in [0.1, 0.15) is 48.2 Å². The van der Waals surface area contributed by atoms with Gasteiger partial charge in [-0.25, -0.2) is 0 Å². The largest absolute Gasteiger partial charge is 0.304 e. The van der Waals surface area contributed by atoms with Gasteiger partial charge in [-0.2, -0.15) is 0 Å². The van der Waals surface area contributed by atoms with E-state index in [0.29, 0.717) is 5.02 Å². The van der Waals surface area contributed by atoms with E-state index in [0.717, 1.165) is 10.6 Å². The van der Waals surface area contributed by atoms with Crippen molar-refractivity contribution < 1.29 is 0 Å². The zero-order chi connectivity index (χ0) is 15.6. The van der Waals surface area contributed by atoms with Crippen LogP contribution in [0.5, 0.6) is 0 Å². The van der Waals surface area contributed by atoms with Crippen molar-refractivity contribution in [2.75, 3.05) is 0 Å². The van der Waals surface area contributed by atoms with Crippen molar-refractivity contribution >= 4 is 23.2 Å². The summed E-state index contributed by atoms with van der Waals surface area (Å²) in [6.45, 7) is 8.55. The molecule has 2 atom stereocenters. The monoisotopic (exact) mass is 321 g/mol. The molecule has 2 rings (SSSR count). The van der Waals surface area contributed by atoms with E-state index < -0.39 is 0 Å². The molecule has 0 amide bonds. The fraction of sp³-hybridized carbons (Fsp3) is 0.333. The highest BCUT2D eigenvalue weighted by atomic mass is 35.5. The van der Waals surface area contributed by atoms with Crippen LogP contribution in [0.3, 0.4) is 0 Å². The number of rotatable bonds is 4. The highest BCUT2D eigenvalue weighted by Crippen LogP contribution is 2.28. The molecule has 0 saturated carbocycles. The van der Waals surface area contributed by atoms with Crippen LogP contribution < -0.4 is 5.32 Å². The molecule has 2 aromatic rings. The predicted molar refractivity (Wildman–Crippen MR) is 92.3 cm³/mol. The molecule has 21 heavy (non-hydrogen) atoms. The predicted octanol–water partition coefficient (Wildman–Crippen LogP) is 6.02. The van der Waals surface area contributed by atoms with Gasteiger partial charge in [0.05, 0.1) is 0 Å². The summed E-state index contributed by atoms with van der Waals surface area (Å²) in [5.74, 6) is 0. The Morgan fingerprint density at radius 1 is 0.857 bits per heavy atom. The molecule has 0 aliphatic carbocycles. The van der Waals surface area contributed by atoms with Crippen LogP contribution in [0.15, 0.2) is 36.4 Å². The van der Waals surface area contributed by atoms with Gasteiger partial charge in [0, 0.05) is 22.1 Å². The number of hydrogen-bond donors (Lipinski definition) is 1. The molecule has 0 bridgehead atoms. The van der Waals surface area contributed by atoms with Gasteiger partial charge in [-0.15, -0.1) is 0 Å². The van der Waals surface area contributed by atoms with Crippen molar-refractivity contribution in [2.45, 2.75) is 39.8 Å². The molecule has 0 heterocycles. The van der Waals surface area contributed by atoms with Gasteiger partial charge >= 0.3 is 0 Å². The van der Waals surface area contributed by atoms with E-state index in [-0.39, 0.29) is 12.1 Å². The Morgan fingerprint density at radius 3 is 2.19 bits per heavy atom. The molecule has 0 saturated heterocycles. The van der Waals surface area contributed by atoms with E-state index in [9.17, 15) is 0 Å². The molecule has 0 aliphatic rings. The second-order valence-corrected chi connectivity index (χ2v) is 6.48. The maximum absolute atomic E-state index is 6.27. The lowest BCUT2D eigenvalue weighted by Gasteiger charge is -2.23. The highest BCUT2D eigenvalue weighted by Gasteiger charge is 2.15. The van der Waals surface area contributed by atoms with Gasteiger partial charge in [0.15, 0.2) is 0 Å². The Bertz CT molecular complexity index is 637. The molecule has 1 N–H and O–H groups in total. The normalized spacial score (nSPS) is 14.0. The van der Waals surface area contributed by atoms with Crippen molar-refractivity contribution in [3.63, 3.8) is 0 Å². The Labute approximate surface area is 137 Å². The van der Waals surface area contributed by atoms with E-state index in [1.54, 1.807) is 0 Å². The van der Waals surface area contributed by atoms with Crippen LogP contribution in [-0.2, 0) is 0 Å². The van der Waals surface area contributed by atoms with Crippen LogP contribution in [-0.4, -0.2) is 0 Å². The fourth-order valence-corrected chi connectivity index (χ4v) is 3.17. The van der Waals surface area contributed by atoms with Crippen LogP contribution in [0.2, 0.25) is 10.0 Å². The standard InChI is InChI=1S/C18H21Cl2N/c1-11-5-7-16(12(2)9-11)13(3)21-14(4)17-10-15(19)6-8-18(17)20/h5-10,13-14,21H,1-4H3. The summed E-state index contributed by atoms with van der Waals surface area (Å²) in [7, 11) is 0. The van der Waals surface area contributed by atoms with Crippen LogP contribution in [0.4, 0.5) is 0 Å². The molecule has 0 radical (unpaired) electrons. The van der Waals surface area contributed by atoms with Crippen LogP contribution in [0.25, 0.3) is 0 Å². The second kappa shape index (κ2) is 6.83. The minimum atomic E-state index is 0.131. The quantitative estimate of drug-likeness (QED) is 0.725. The molecule has 1 nitrogen and oxygen atoms in total. The van der Waals surface area contributed by atoms with Crippen molar-refractivity contribution in [3.8, 4) is 0 Å². The van der Waals surface area contributed by atoms with E-state index >= 15 is 0 Å². The third kappa shape index (κ3) is 4.00. The first-order valence-corrected chi connectivity index (χ1v) is 7.92. The summed E-state index contributed by atoms with van der Waals surface area (Å²) in [6, 6.07) is 12.5.